The van der Waals surface area contributed by atoms with E-state index in [-0.39, 0.29) is 24.5 Å². The number of hydrogen-bond acceptors (Lipinski definition) is 6. The van der Waals surface area contributed by atoms with Crippen LogP contribution in [0.2, 0.25) is 0 Å². The molecule has 4 heterocycles. The summed E-state index contributed by atoms with van der Waals surface area (Å²) in [6, 6.07) is 13.6. The van der Waals surface area contributed by atoms with E-state index in [1.807, 2.05) is 42.5 Å². The SMILES string of the molecule is O=C(O)Cc1cnn(-c2ccc(-c3ccc4[nH]c(O[C@@H]5CCC6[C@H](O)CO[C@@H]65)cc4n3)cc2)c1. The number of aromatic amines is 1. The first-order valence-corrected chi connectivity index (χ1v) is 11.4. The smallest absolute Gasteiger partial charge is 0.307 e. The number of carboxylic acids is 1. The summed E-state index contributed by atoms with van der Waals surface area (Å²) in [6.45, 7) is 0.384. The zero-order valence-electron chi connectivity index (χ0n) is 18.3. The standard InChI is InChI=1S/C25H24N4O5/c30-21-13-33-25-17(21)5-8-22(25)34-23-10-20-19(28-23)7-6-18(27-20)15-1-3-16(4-2-15)29-12-14(11-26-29)9-24(31)32/h1-4,6-7,10-12,17,21-22,25,28,30H,5,8-9,13H2,(H,31,32)/t17?,21-,22-,25+/m1/s1. The maximum absolute atomic E-state index is 10.9. The van der Waals surface area contributed by atoms with Gasteiger partial charge in [-0.1, -0.05) is 12.1 Å². The molecule has 1 saturated heterocycles. The summed E-state index contributed by atoms with van der Waals surface area (Å²) in [6.07, 6.45) is 4.49. The quantitative estimate of drug-likeness (QED) is 0.404. The van der Waals surface area contributed by atoms with Gasteiger partial charge in [0, 0.05) is 29.3 Å². The highest BCUT2D eigenvalue weighted by atomic mass is 16.6. The largest absolute Gasteiger partial charge is 0.481 e. The van der Waals surface area contributed by atoms with Gasteiger partial charge >= 0.3 is 5.97 Å². The van der Waals surface area contributed by atoms with Crippen LogP contribution in [0.25, 0.3) is 28.0 Å². The Morgan fingerprint density at radius 2 is 2.06 bits per heavy atom. The summed E-state index contributed by atoms with van der Waals surface area (Å²) < 4.78 is 13.6. The lowest BCUT2D eigenvalue weighted by Crippen LogP contribution is -2.30. The van der Waals surface area contributed by atoms with Crippen molar-refractivity contribution in [3.63, 3.8) is 0 Å². The van der Waals surface area contributed by atoms with Gasteiger partial charge in [0.15, 0.2) is 5.88 Å². The molecule has 0 radical (unpaired) electrons. The average molecular weight is 460 g/mol. The summed E-state index contributed by atoms with van der Waals surface area (Å²) in [7, 11) is 0. The molecule has 9 nitrogen and oxygen atoms in total. The highest BCUT2D eigenvalue weighted by Crippen LogP contribution is 2.38. The average Bonchev–Trinajstić information content (AvgIpc) is 3.60. The van der Waals surface area contributed by atoms with Crippen LogP contribution in [0.5, 0.6) is 5.88 Å². The molecule has 34 heavy (non-hydrogen) atoms. The minimum Gasteiger partial charge on any atom is -0.481 e. The summed E-state index contributed by atoms with van der Waals surface area (Å²) >= 11 is 0. The number of aliphatic hydroxyl groups is 1. The molecule has 0 spiro atoms. The topological polar surface area (TPSA) is 122 Å². The number of carboxylic acid groups (broad SMARTS) is 1. The lowest BCUT2D eigenvalue weighted by atomic mass is 10.0. The van der Waals surface area contributed by atoms with Crippen molar-refractivity contribution < 1.29 is 24.5 Å². The van der Waals surface area contributed by atoms with Crippen molar-refractivity contribution in [2.45, 2.75) is 37.6 Å². The van der Waals surface area contributed by atoms with Crippen molar-refractivity contribution in [1.29, 1.82) is 0 Å². The maximum atomic E-state index is 10.9. The van der Waals surface area contributed by atoms with Crippen molar-refractivity contribution in [3.8, 4) is 22.8 Å². The van der Waals surface area contributed by atoms with Crippen LogP contribution in [0.4, 0.5) is 0 Å². The Kier molecular flexibility index (Phi) is 5.08. The second kappa shape index (κ2) is 8.27. The number of carbonyl (C=O) groups is 1. The molecular formula is C25H24N4O5. The molecule has 1 aliphatic heterocycles. The first-order valence-electron chi connectivity index (χ1n) is 11.4. The monoisotopic (exact) mass is 460 g/mol. The van der Waals surface area contributed by atoms with Crippen LogP contribution in [0.1, 0.15) is 18.4 Å². The van der Waals surface area contributed by atoms with Crippen molar-refractivity contribution in [3.05, 3.63) is 60.4 Å². The molecule has 1 saturated carbocycles. The Morgan fingerprint density at radius 1 is 1.21 bits per heavy atom. The van der Waals surface area contributed by atoms with Gasteiger partial charge in [0.1, 0.15) is 6.10 Å². The van der Waals surface area contributed by atoms with Crippen molar-refractivity contribution in [1.82, 2.24) is 19.7 Å². The van der Waals surface area contributed by atoms with E-state index < -0.39 is 12.1 Å². The molecule has 4 atom stereocenters. The molecule has 3 aromatic heterocycles. The number of benzene rings is 1. The number of ether oxygens (including phenoxy) is 2. The van der Waals surface area contributed by atoms with Crippen LogP contribution in [-0.2, 0) is 16.0 Å². The second-order valence-electron chi connectivity index (χ2n) is 8.94. The normalized spacial score (nSPS) is 23.9. The summed E-state index contributed by atoms with van der Waals surface area (Å²) in [4.78, 5) is 19.0. The molecule has 3 N–H and O–H groups in total. The van der Waals surface area contributed by atoms with Gasteiger partial charge in [-0.25, -0.2) is 9.67 Å². The van der Waals surface area contributed by atoms with Crippen LogP contribution in [-0.4, -0.2) is 60.8 Å². The molecule has 2 fully saturated rings. The van der Waals surface area contributed by atoms with Gasteiger partial charge in [-0.3, -0.25) is 4.79 Å². The zero-order valence-corrected chi connectivity index (χ0v) is 18.3. The fourth-order valence-electron chi connectivity index (χ4n) is 4.99. The molecular weight excluding hydrogens is 436 g/mol. The number of rotatable bonds is 6. The third-order valence-electron chi connectivity index (χ3n) is 6.67. The third kappa shape index (κ3) is 3.82. The van der Waals surface area contributed by atoms with Crippen molar-refractivity contribution >= 4 is 17.0 Å². The van der Waals surface area contributed by atoms with Gasteiger partial charge in [0.05, 0.1) is 53.8 Å². The minimum atomic E-state index is -0.882. The van der Waals surface area contributed by atoms with Crippen LogP contribution >= 0.6 is 0 Å². The zero-order chi connectivity index (χ0) is 23.2. The second-order valence-corrected chi connectivity index (χ2v) is 8.94. The Hall–Kier alpha value is -3.69. The third-order valence-corrected chi connectivity index (χ3v) is 6.67. The molecule has 0 amide bonds. The molecule has 9 heteroatoms. The molecule has 1 aliphatic carbocycles. The molecule has 1 unspecified atom stereocenters. The van der Waals surface area contributed by atoms with Gasteiger partial charge in [0.2, 0.25) is 0 Å². The fraction of sp³-hybridized carbons (Fsp3) is 0.320. The van der Waals surface area contributed by atoms with Gasteiger partial charge in [-0.2, -0.15) is 5.10 Å². The highest BCUT2D eigenvalue weighted by molar-refractivity contribution is 5.80. The maximum Gasteiger partial charge on any atom is 0.307 e. The van der Waals surface area contributed by atoms with Crippen molar-refractivity contribution in [2.24, 2.45) is 5.92 Å². The van der Waals surface area contributed by atoms with Crippen LogP contribution in [0, 0.1) is 5.92 Å². The summed E-state index contributed by atoms with van der Waals surface area (Å²) in [5.74, 6) is -0.0677. The van der Waals surface area contributed by atoms with Gasteiger partial charge in [0.25, 0.3) is 0 Å². The van der Waals surface area contributed by atoms with E-state index in [9.17, 15) is 9.90 Å². The Balaban J connectivity index is 1.19. The number of aliphatic hydroxyl groups excluding tert-OH is 1. The lowest BCUT2D eigenvalue weighted by Gasteiger charge is -2.18. The van der Waals surface area contributed by atoms with Gasteiger partial charge in [-0.15, -0.1) is 0 Å². The summed E-state index contributed by atoms with van der Waals surface area (Å²) in [5.41, 5.74) is 4.98. The molecule has 0 bridgehead atoms. The molecule has 2 aliphatic rings. The fourth-order valence-corrected chi connectivity index (χ4v) is 4.99. The number of nitrogens with zero attached hydrogens (tertiary/aromatic N) is 3. The number of fused-ring (bicyclic) bond motifs is 2. The van der Waals surface area contributed by atoms with E-state index in [2.05, 4.69) is 10.1 Å². The van der Waals surface area contributed by atoms with E-state index >= 15 is 0 Å². The number of pyridine rings is 1. The first-order chi connectivity index (χ1) is 16.5. The predicted molar refractivity (Wildman–Crippen MR) is 123 cm³/mol. The minimum absolute atomic E-state index is 0.0542. The highest BCUT2D eigenvalue weighted by Gasteiger charge is 2.47. The Labute approximate surface area is 195 Å². The van der Waals surface area contributed by atoms with Crippen LogP contribution in [0.15, 0.2) is 54.9 Å². The molecule has 6 rings (SSSR count). The Bertz CT molecular complexity index is 1350. The number of nitrogens with one attached hydrogen (secondary N) is 1. The molecule has 1 aromatic carbocycles. The van der Waals surface area contributed by atoms with Crippen LogP contribution in [0.3, 0.4) is 0 Å². The number of H-pyrrole nitrogens is 1. The van der Waals surface area contributed by atoms with Gasteiger partial charge < -0.3 is 24.7 Å². The first kappa shape index (κ1) is 20.9. The molecule has 4 aromatic rings. The lowest BCUT2D eigenvalue weighted by molar-refractivity contribution is -0.136. The van der Waals surface area contributed by atoms with E-state index in [4.69, 9.17) is 19.6 Å². The van der Waals surface area contributed by atoms with Crippen LogP contribution < -0.4 is 4.74 Å². The van der Waals surface area contributed by atoms with E-state index in [1.165, 1.54) is 0 Å². The van der Waals surface area contributed by atoms with E-state index in [1.54, 1.807) is 17.1 Å². The molecule has 174 valence electrons. The Morgan fingerprint density at radius 3 is 2.88 bits per heavy atom. The predicted octanol–water partition coefficient (Wildman–Crippen LogP) is 2.96. The van der Waals surface area contributed by atoms with Gasteiger partial charge in [-0.05, 0) is 37.1 Å². The number of hydrogen-bond donors (Lipinski definition) is 3. The van der Waals surface area contributed by atoms with Crippen molar-refractivity contribution in [2.75, 3.05) is 6.61 Å². The number of aromatic nitrogens is 4. The van der Waals surface area contributed by atoms with E-state index in [0.29, 0.717) is 18.1 Å². The van der Waals surface area contributed by atoms with E-state index in [0.717, 1.165) is 40.8 Å². The number of aliphatic carboxylic acids is 1. The summed E-state index contributed by atoms with van der Waals surface area (Å²) in [5, 5.41) is 23.2.